The number of piperidine rings is 1. The summed E-state index contributed by atoms with van der Waals surface area (Å²) >= 11 is 0. The van der Waals surface area contributed by atoms with Crippen molar-refractivity contribution < 1.29 is 4.79 Å². The Balaban J connectivity index is 2.03. The van der Waals surface area contributed by atoms with Crippen LogP contribution in [0.25, 0.3) is 0 Å². The van der Waals surface area contributed by atoms with Crippen LogP contribution in [0.15, 0.2) is 0 Å². The van der Waals surface area contributed by atoms with E-state index in [-0.39, 0.29) is 5.92 Å². The first-order valence-electron chi connectivity index (χ1n) is 4.98. The van der Waals surface area contributed by atoms with Gasteiger partial charge in [-0.2, -0.15) is 0 Å². The number of carbonyl (C=O) groups is 1. The van der Waals surface area contributed by atoms with E-state index < -0.39 is 0 Å². The fourth-order valence-corrected chi connectivity index (χ4v) is 2.15. The Kier molecular flexibility index (Phi) is 1.95. The average Bonchev–Trinajstić information content (AvgIpc) is 2.84. The lowest BCUT2D eigenvalue weighted by atomic mass is 9.90. The maximum atomic E-state index is 11.4. The molecule has 1 heterocycles. The van der Waals surface area contributed by atoms with Crippen LogP contribution in [0.1, 0.15) is 33.1 Å². The quantitative estimate of drug-likeness (QED) is 0.589. The fourth-order valence-electron chi connectivity index (χ4n) is 2.15. The lowest BCUT2D eigenvalue weighted by Crippen LogP contribution is -2.47. The Morgan fingerprint density at radius 1 is 1.33 bits per heavy atom. The van der Waals surface area contributed by atoms with Crippen LogP contribution < -0.4 is 0 Å². The molecule has 2 atom stereocenters. The molecule has 0 bridgehead atoms. The van der Waals surface area contributed by atoms with Crippen molar-refractivity contribution >= 4 is 5.78 Å². The molecule has 2 nitrogen and oxygen atoms in total. The lowest BCUT2D eigenvalue weighted by Gasteiger charge is -2.37. The molecule has 12 heavy (non-hydrogen) atoms. The molecule has 2 fully saturated rings. The van der Waals surface area contributed by atoms with E-state index in [1.807, 2.05) is 0 Å². The zero-order valence-electron chi connectivity index (χ0n) is 7.92. The van der Waals surface area contributed by atoms with E-state index in [1.165, 1.54) is 12.8 Å². The molecule has 1 aliphatic carbocycles. The monoisotopic (exact) mass is 167 g/mol. The van der Waals surface area contributed by atoms with Gasteiger partial charge in [-0.3, -0.25) is 9.69 Å². The van der Waals surface area contributed by atoms with Crippen molar-refractivity contribution in [1.29, 1.82) is 0 Å². The molecule has 0 aromatic rings. The summed E-state index contributed by atoms with van der Waals surface area (Å²) in [5.74, 6) is 0.721. The van der Waals surface area contributed by atoms with Crippen LogP contribution in [0, 0.1) is 5.92 Å². The molecular weight excluding hydrogens is 150 g/mol. The van der Waals surface area contributed by atoms with E-state index in [0.29, 0.717) is 11.8 Å². The molecular formula is C10H17NO. The summed E-state index contributed by atoms with van der Waals surface area (Å²) in [4.78, 5) is 13.9. The Morgan fingerprint density at radius 2 is 2.00 bits per heavy atom. The molecule has 2 rings (SSSR count). The van der Waals surface area contributed by atoms with E-state index >= 15 is 0 Å². The van der Waals surface area contributed by atoms with Crippen LogP contribution in [0.4, 0.5) is 0 Å². The SMILES string of the molecule is C[C@@H]1[C@@H](C)C(=O)CCN1C1CC1. The van der Waals surface area contributed by atoms with Crippen LogP contribution in [0.2, 0.25) is 0 Å². The third kappa shape index (κ3) is 1.28. The van der Waals surface area contributed by atoms with Crippen molar-refractivity contribution in [3.05, 3.63) is 0 Å². The van der Waals surface area contributed by atoms with Crippen molar-refractivity contribution in [2.45, 2.75) is 45.2 Å². The highest BCUT2D eigenvalue weighted by Crippen LogP contribution is 2.33. The molecule has 0 aromatic carbocycles. The van der Waals surface area contributed by atoms with Gasteiger partial charge in [-0.05, 0) is 19.8 Å². The average molecular weight is 167 g/mol. The number of hydrogen-bond acceptors (Lipinski definition) is 2. The molecule has 0 unspecified atom stereocenters. The van der Waals surface area contributed by atoms with E-state index in [1.54, 1.807) is 0 Å². The van der Waals surface area contributed by atoms with Crippen LogP contribution in [0.5, 0.6) is 0 Å². The second-order valence-electron chi connectivity index (χ2n) is 4.21. The van der Waals surface area contributed by atoms with Crippen LogP contribution in [-0.2, 0) is 4.79 Å². The standard InChI is InChI=1S/C10H17NO/c1-7-8(2)11(9-3-4-9)6-5-10(7)12/h7-9H,3-6H2,1-2H3/t7-,8-/m1/s1. The first-order valence-corrected chi connectivity index (χ1v) is 4.98. The van der Waals surface area contributed by atoms with Crippen LogP contribution >= 0.6 is 0 Å². The van der Waals surface area contributed by atoms with Gasteiger partial charge in [-0.15, -0.1) is 0 Å². The molecule has 0 spiro atoms. The van der Waals surface area contributed by atoms with Crippen LogP contribution in [-0.4, -0.2) is 29.3 Å². The lowest BCUT2D eigenvalue weighted by molar-refractivity contribution is -0.128. The highest BCUT2D eigenvalue weighted by molar-refractivity contribution is 5.82. The molecule has 0 aromatic heterocycles. The topological polar surface area (TPSA) is 20.3 Å². The molecule has 0 N–H and O–H groups in total. The Labute approximate surface area is 73.9 Å². The maximum absolute atomic E-state index is 11.4. The molecule has 68 valence electrons. The summed E-state index contributed by atoms with van der Waals surface area (Å²) in [5, 5.41) is 0. The normalized spacial score (nSPS) is 38.7. The van der Waals surface area contributed by atoms with E-state index in [2.05, 4.69) is 18.7 Å². The summed E-state index contributed by atoms with van der Waals surface area (Å²) < 4.78 is 0. The summed E-state index contributed by atoms with van der Waals surface area (Å²) in [5.41, 5.74) is 0. The first-order chi connectivity index (χ1) is 5.70. The Morgan fingerprint density at radius 3 is 2.58 bits per heavy atom. The number of likely N-dealkylation sites (tertiary alicyclic amines) is 1. The minimum Gasteiger partial charge on any atom is -0.299 e. The minimum absolute atomic E-state index is 0.263. The Hall–Kier alpha value is -0.370. The van der Waals surface area contributed by atoms with E-state index in [0.717, 1.165) is 19.0 Å². The fraction of sp³-hybridized carbons (Fsp3) is 0.900. The number of rotatable bonds is 1. The van der Waals surface area contributed by atoms with Crippen molar-refractivity contribution in [3.63, 3.8) is 0 Å². The van der Waals surface area contributed by atoms with Gasteiger partial charge in [0.1, 0.15) is 5.78 Å². The largest absolute Gasteiger partial charge is 0.299 e. The van der Waals surface area contributed by atoms with Gasteiger partial charge >= 0.3 is 0 Å². The maximum Gasteiger partial charge on any atom is 0.138 e. The smallest absolute Gasteiger partial charge is 0.138 e. The highest BCUT2D eigenvalue weighted by Gasteiger charge is 2.38. The molecule has 1 aliphatic heterocycles. The second kappa shape index (κ2) is 2.84. The van der Waals surface area contributed by atoms with Crippen molar-refractivity contribution in [2.24, 2.45) is 5.92 Å². The van der Waals surface area contributed by atoms with Crippen molar-refractivity contribution in [2.75, 3.05) is 6.54 Å². The van der Waals surface area contributed by atoms with Gasteiger partial charge in [-0.1, -0.05) is 6.92 Å². The summed E-state index contributed by atoms with van der Waals surface area (Å²) in [7, 11) is 0. The number of Topliss-reactive ketones (excluding diaryl/α,β-unsaturated/α-hetero) is 1. The zero-order chi connectivity index (χ0) is 8.72. The third-order valence-corrected chi connectivity index (χ3v) is 3.39. The van der Waals surface area contributed by atoms with E-state index in [4.69, 9.17) is 0 Å². The van der Waals surface area contributed by atoms with Gasteiger partial charge in [0.25, 0.3) is 0 Å². The molecule has 2 heteroatoms. The Bertz CT molecular complexity index is 198. The van der Waals surface area contributed by atoms with Crippen LogP contribution in [0.3, 0.4) is 0 Å². The van der Waals surface area contributed by atoms with Crippen molar-refractivity contribution in [1.82, 2.24) is 4.90 Å². The molecule has 1 saturated heterocycles. The molecule has 0 radical (unpaired) electrons. The predicted molar refractivity (Wildman–Crippen MR) is 48.0 cm³/mol. The highest BCUT2D eigenvalue weighted by atomic mass is 16.1. The van der Waals surface area contributed by atoms with Gasteiger partial charge in [0.05, 0.1) is 0 Å². The van der Waals surface area contributed by atoms with Gasteiger partial charge in [0, 0.05) is 31.0 Å². The van der Waals surface area contributed by atoms with Gasteiger partial charge in [0.2, 0.25) is 0 Å². The van der Waals surface area contributed by atoms with Gasteiger partial charge in [-0.25, -0.2) is 0 Å². The third-order valence-electron chi connectivity index (χ3n) is 3.39. The number of nitrogens with zero attached hydrogens (tertiary/aromatic N) is 1. The second-order valence-corrected chi connectivity index (χ2v) is 4.21. The molecule has 2 aliphatic rings. The number of hydrogen-bond donors (Lipinski definition) is 0. The molecule has 1 saturated carbocycles. The van der Waals surface area contributed by atoms with Gasteiger partial charge in [0.15, 0.2) is 0 Å². The number of carbonyl (C=O) groups excluding carboxylic acids is 1. The zero-order valence-corrected chi connectivity index (χ0v) is 7.92. The molecule has 0 amide bonds. The number of ketones is 1. The summed E-state index contributed by atoms with van der Waals surface area (Å²) in [6.45, 7) is 5.27. The predicted octanol–water partition coefficient (Wildman–Crippen LogP) is 1.45. The first kappa shape index (κ1) is 8.24. The van der Waals surface area contributed by atoms with Gasteiger partial charge < -0.3 is 0 Å². The van der Waals surface area contributed by atoms with Crippen molar-refractivity contribution in [3.8, 4) is 0 Å². The van der Waals surface area contributed by atoms with E-state index in [9.17, 15) is 4.79 Å². The minimum atomic E-state index is 0.263. The summed E-state index contributed by atoms with van der Waals surface area (Å²) in [6, 6.07) is 1.30. The summed E-state index contributed by atoms with van der Waals surface area (Å²) in [6.07, 6.45) is 3.48.